The molecule has 3 heteroatoms. The topological polar surface area (TPSA) is 57.5 Å². The number of unbranched alkanes of at least 4 members (excludes halogenated alkanes) is 3. The van der Waals surface area contributed by atoms with Crippen LogP contribution in [0.5, 0.6) is 0 Å². The van der Waals surface area contributed by atoms with E-state index in [0.29, 0.717) is 30.1 Å². The zero-order chi connectivity index (χ0) is 19.0. The van der Waals surface area contributed by atoms with Gasteiger partial charge in [-0.1, -0.05) is 31.8 Å². The van der Waals surface area contributed by atoms with Gasteiger partial charge in [0.25, 0.3) is 0 Å². The molecular formula is C24H38O3. The van der Waals surface area contributed by atoms with Gasteiger partial charge in [0, 0.05) is 13.0 Å². The first-order valence-corrected chi connectivity index (χ1v) is 11.6. The Morgan fingerprint density at radius 2 is 1.93 bits per heavy atom. The summed E-state index contributed by atoms with van der Waals surface area (Å²) in [5.74, 6) is 3.83. The minimum atomic E-state index is -0.112. The molecule has 0 heterocycles. The third-order valence-corrected chi connectivity index (χ3v) is 8.90. The molecule has 0 aliphatic heterocycles. The maximum atomic E-state index is 12.1. The van der Waals surface area contributed by atoms with E-state index in [0.717, 1.165) is 50.4 Å². The molecule has 0 spiro atoms. The summed E-state index contributed by atoms with van der Waals surface area (Å²) < 4.78 is 0. The molecule has 4 aliphatic carbocycles. The molecule has 0 radical (unpaired) electrons. The summed E-state index contributed by atoms with van der Waals surface area (Å²) in [7, 11) is 0. The number of allylic oxidation sites excluding steroid dienone is 1. The number of hydrogen-bond acceptors (Lipinski definition) is 3. The van der Waals surface area contributed by atoms with Crippen LogP contribution in [0.4, 0.5) is 0 Å². The van der Waals surface area contributed by atoms with Crippen molar-refractivity contribution in [1.29, 1.82) is 0 Å². The van der Waals surface area contributed by atoms with Gasteiger partial charge in [0.2, 0.25) is 0 Å². The molecular weight excluding hydrogens is 336 g/mol. The first-order valence-electron chi connectivity index (χ1n) is 11.6. The highest BCUT2D eigenvalue weighted by atomic mass is 16.3. The number of ketones is 1. The van der Waals surface area contributed by atoms with Crippen molar-refractivity contribution in [1.82, 2.24) is 0 Å². The van der Waals surface area contributed by atoms with E-state index in [1.807, 2.05) is 6.08 Å². The molecule has 3 fully saturated rings. The largest absolute Gasteiger partial charge is 0.396 e. The minimum absolute atomic E-state index is 0.112. The molecule has 3 nitrogen and oxygen atoms in total. The second kappa shape index (κ2) is 7.99. The maximum absolute atomic E-state index is 12.1. The summed E-state index contributed by atoms with van der Waals surface area (Å²) in [6, 6.07) is 0. The Morgan fingerprint density at radius 3 is 2.74 bits per heavy atom. The van der Waals surface area contributed by atoms with E-state index in [1.165, 1.54) is 44.1 Å². The second-order valence-electron chi connectivity index (χ2n) is 10.2. The number of aliphatic hydroxyl groups is 2. The average Bonchev–Trinajstić information content (AvgIpc) is 2.96. The molecule has 0 amide bonds. The quantitative estimate of drug-likeness (QED) is 0.665. The molecule has 3 saturated carbocycles. The zero-order valence-corrected chi connectivity index (χ0v) is 17.0. The highest BCUT2D eigenvalue weighted by molar-refractivity contribution is 5.91. The minimum Gasteiger partial charge on any atom is -0.396 e. The summed E-state index contributed by atoms with van der Waals surface area (Å²) in [6.07, 6.45) is 15.2. The highest BCUT2D eigenvalue weighted by Crippen LogP contribution is 2.63. The van der Waals surface area contributed by atoms with Gasteiger partial charge < -0.3 is 10.2 Å². The van der Waals surface area contributed by atoms with Crippen molar-refractivity contribution in [2.75, 3.05) is 6.61 Å². The summed E-state index contributed by atoms with van der Waals surface area (Å²) in [5, 5.41) is 19.7. The fourth-order valence-electron chi connectivity index (χ4n) is 7.52. The molecule has 7 atom stereocenters. The summed E-state index contributed by atoms with van der Waals surface area (Å²) in [4.78, 5) is 12.1. The van der Waals surface area contributed by atoms with Crippen molar-refractivity contribution in [3.05, 3.63) is 11.6 Å². The third-order valence-electron chi connectivity index (χ3n) is 8.90. The number of rotatable bonds is 6. The van der Waals surface area contributed by atoms with Crippen LogP contribution >= 0.6 is 0 Å². The molecule has 152 valence electrons. The lowest BCUT2D eigenvalue weighted by molar-refractivity contribution is -0.116. The van der Waals surface area contributed by atoms with Crippen molar-refractivity contribution in [2.24, 2.45) is 35.0 Å². The Balaban J connectivity index is 1.55. The standard InChI is InChI=1S/C24H38O3/c1-24-12-11-20-19-8-7-18(26)15-17(19)14-16(6-4-2-3-5-13-25)23(20)21(24)9-10-22(24)27/h15-16,19-23,25,27H,2-14H2,1H3/t16-,19+,20-,21+,22+,23-,24+/m1/s1. The van der Waals surface area contributed by atoms with E-state index >= 15 is 0 Å². The van der Waals surface area contributed by atoms with Crippen LogP contribution in [0.2, 0.25) is 0 Å². The molecule has 2 N–H and O–H groups in total. The van der Waals surface area contributed by atoms with Gasteiger partial charge >= 0.3 is 0 Å². The van der Waals surface area contributed by atoms with Gasteiger partial charge in [-0.2, -0.15) is 0 Å². The summed E-state index contributed by atoms with van der Waals surface area (Å²) >= 11 is 0. The van der Waals surface area contributed by atoms with Gasteiger partial charge in [-0.15, -0.1) is 0 Å². The van der Waals surface area contributed by atoms with Crippen LogP contribution < -0.4 is 0 Å². The molecule has 0 aromatic carbocycles. The SMILES string of the molecule is C[C@]12CC[C@H]3[C@@H]([C@H](CCCCCCO)CC4=CC(=O)CC[C@@H]43)[C@@H]1CC[C@@H]2O. The molecule has 0 aromatic heterocycles. The number of carbonyl (C=O) groups is 1. The van der Waals surface area contributed by atoms with Crippen LogP contribution in [-0.4, -0.2) is 28.7 Å². The van der Waals surface area contributed by atoms with Crippen molar-refractivity contribution >= 4 is 5.78 Å². The van der Waals surface area contributed by atoms with Gasteiger partial charge in [0.1, 0.15) is 0 Å². The van der Waals surface area contributed by atoms with E-state index in [-0.39, 0.29) is 11.5 Å². The number of hydrogen-bond donors (Lipinski definition) is 2. The fraction of sp³-hybridized carbons (Fsp3) is 0.875. The number of aliphatic hydroxyl groups excluding tert-OH is 2. The monoisotopic (exact) mass is 374 g/mol. The normalized spacial score (nSPS) is 43.7. The first-order chi connectivity index (χ1) is 13.0. The fourth-order valence-corrected chi connectivity index (χ4v) is 7.52. The van der Waals surface area contributed by atoms with Crippen molar-refractivity contribution in [3.8, 4) is 0 Å². The van der Waals surface area contributed by atoms with E-state index in [4.69, 9.17) is 5.11 Å². The molecule has 27 heavy (non-hydrogen) atoms. The molecule has 0 unspecified atom stereocenters. The van der Waals surface area contributed by atoms with Crippen LogP contribution in [0.15, 0.2) is 11.6 Å². The Hall–Kier alpha value is -0.670. The number of carbonyl (C=O) groups excluding carboxylic acids is 1. The van der Waals surface area contributed by atoms with Crippen LogP contribution in [0.3, 0.4) is 0 Å². The molecule has 0 aromatic rings. The van der Waals surface area contributed by atoms with Crippen LogP contribution in [0.25, 0.3) is 0 Å². The van der Waals surface area contributed by atoms with Crippen molar-refractivity contribution in [3.63, 3.8) is 0 Å². The molecule has 4 rings (SSSR count). The summed E-state index contributed by atoms with van der Waals surface area (Å²) in [6.45, 7) is 2.67. The zero-order valence-electron chi connectivity index (χ0n) is 17.0. The third kappa shape index (κ3) is 3.55. The Labute approximate surface area is 164 Å². The Morgan fingerprint density at radius 1 is 1.11 bits per heavy atom. The lowest BCUT2D eigenvalue weighted by Gasteiger charge is -2.56. The van der Waals surface area contributed by atoms with Gasteiger partial charge in [-0.25, -0.2) is 0 Å². The number of fused-ring (bicyclic) bond motifs is 5. The van der Waals surface area contributed by atoms with E-state index in [9.17, 15) is 9.90 Å². The predicted molar refractivity (Wildman–Crippen MR) is 107 cm³/mol. The molecule has 0 saturated heterocycles. The van der Waals surface area contributed by atoms with Crippen LogP contribution in [-0.2, 0) is 4.79 Å². The van der Waals surface area contributed by atoms with E-state index in [2.05, 4.69) is 6.92 Å². The first kappa shape index (κ1) is 19.6. The maximum Gasteiger partial charge on any atom is 0.155 e. The molecule has 0 bridgehead atoms. The lowest BCUT2D eigenvalue weighted by atomic mass is 9.49. The molecule has 4 aliphatic rings. The Bertz CT molecular complexity index is 582. The van der Waals surface area contributed by atoms with Crippen molar-refractivity contribution < 1.29 is 15.0 Å². The van der Waals surface area contributed by atoms with E-state index in [1.54, 1.807) is 0 Å². The predicted octanol–water partition coefficient (Wildman–Crippen LogP) is 4.66. The van der Waals surface area contributed by atoms with Crippen molar-refractivity contribution in [2.45, 2.75) is 90.1 Å². The van der Waals surface area contributed by atoms with Crippen LogP contribution in [0, 0.1) is 35.0 Å². The lowest BCUT2D eigenvalue weighted by Crippen LogP contribution is -2.50. The van der Waals surface area contributed by atoms with Gasteiger partial charge in [-0.05, 0) is 92.4 Å². The van der Waals surface area contributed by atoms with Gasteiger partial charge in [0.15, 0.2) is 5.78 Å². The second-order valence-corrected chi connectivity index (χ2v) is 10.2. The highest BCUT2D eigenvalue weighted by Gasteiger charge is 2.58. The van der Waals surface area contributed by atoms with Gasteiger partial charge in [-0.3, -0.25) is 4.79 Å². The smallest absolute Gasteiger partial charge is 0.155 e. The Kier molecular flexibility index (Phi) is 5.81. The summed E-state index contributed by atoms with van der Waals surface area (Å²) in [5.41, 5.74) is 1.59. The average molecular weight is 375 g/mol. The van der Waals surface area contributed by atoms with Crippen LogP contribution in [0.1, 0.15) is 84.0 Å². The van der Waals surface area contributed by atoms with Gasteiger partial charge in [0.05, 0.1) is 6.10 Å². The van der Waals surface area contributed by atoms with E-state index < -0.39 is 0 Å².